The number of ether oxygens (including phenoxy) is 3. The Bertz CT molecular complexity index is 1640. The van der Waals surface area contributed by atoms with Gasteiger partial charge in [-0.15, -0.1) is 0 Å². The second kappa shape index (κ2) is 11.8. The molecule has 1 aromatic carbocycles. The largest absolute Gasteiger partial charge is 0.475 e. The average molecular weight is 602 g/mol. The summed E-state index contributed by atoms with van der Waals surface area (Å²) in [6, 6.07) is 5.84. The van der Waals surface area contributed by atoms with Crippen LogP contribution in [0.15, 0.2) is 46.4 Å². The Balaban J connectivity index is 1.21. The van der Waals surface area contributed by atoms with E-state index >= 15 is 0 Å². The van der Waals surface area contributed by atoms with Crippen molar-refractivity contribution in [3.63, 3.8) is 0 Å². The SMILES string of the molecule is O=C(OCCc1ccc(Cl)c(OC[C@H]2CCCN2)n1)c1cn(C2=CN=C3COCC3N2)c2cc(F)c(Cl)cc2c1=O. The molecule has 10 nitrogen and oxygen atoms in total. The molecule has 13 heteroatoms. The summed E-state index contributed by atoms with van der Waals surface area (Å²) in [4.78, 5) is 35.3. The van der Waals surface area contributed by atoms with Crippen LogP contribution in [0.25, 0.3) is 16.7 Å². The lowest BCUT2D eigenvalue weighted by atomic mass is 10.1. The fourth-order valence-electron chi connectivity index (χ4n) is 4.99. The summed E-state index contributed by atoms with van der Waals surface area (Å²) >= 11 is 12.3. The predicted octanol–water partition coefficient (Wildman–Crippen LogP) is 3.57. The summed E-state index contributed by atoms with van der Waals surface area (Å²) in [6.07, 6.45) is 5.26. The Labute approximate surface area is 244 Å². The van der Waals surface area contributed by atoms with E-state index in [9.17, 15) is 14.0 Å². The number of nitrogens with zero attached hydrogens (tertiary/aromatic N) is 3. The average Bonchev–Trinajstić information content (AvgIpc) is 3.66. The fraction of sp³-hybridized carbons (Fsp3) is 0.357. The number of nitrogens with one attached hydrogen (secondary N) is 2. The van der Waals surface area contributed by atoms with E-state index < -0.39 is 17.2 Å². The van der Waals surface area contributed by atoms with E-state index in [0.29, 0.717) is 42.2 Å². The van der Waals surface area contributed by atoms with Gasteiger partial charge >= 0.3 is 5.97 Å². The van der Waals surface area contributed by atoms with Crippen LogP contribution in [-0.2, 0) is 15.9 Å². The Morgan fingerprint density at radius 2 is 2.12 bits per heavy atom. The molecule has 0 bridgehead atoms. The molecule has 3 aliphatic heterocycles. The van der Waals surface area contributed by atoms with Crippen LogP contribution in [0, 0.1) is 5.82 Å². The minimum atomic E-state index is -0.839. The highest BCUT2D eigenvalue weighted by Gasteiger charge is 2.28. The van der Waals surface area contributed by atoms with Gasteiger partial charge in [0.05, 0.1) is 48.3 Å². The number of hydrogen-bond acceptors (Lipinski definition) is 9. The molecule has 0 amide bonds. The molecule has 2 saturated heterocycles. The molecule has 3 aliphatic rings. The smallest absolute Gasteiger partial charge is 0.343 e. The number of fused-ring (bicyclic) bond motifs is 2. The summed E-state index contributed by atoms with van der Waals surface area (Å²) in [6.45, 7) is 2.19. The molecule has 2 atom stereocenters. The zero-order valence-electron chi connectivity index (χ0n) is 21.8. The highest BCUT2D eigenvalue weighted by molar-refractivity contribution is 6.32. The van der Waals surface area contributed by atoms with Crippen molar-refractivity contribution in [3.8, 4) is 5.88 Å². The van der Waals surface area contributed by atoms with E-state index in [1.165, 1.54) is 16.8 Å². The van der Waals surface area contributed by atoms with Gasteiger partial charge in [-0.3, -0.25) is 9.79 Å². The zero-order valence-corrected chi connectivity index (χ0v) is 23.3. The van der Waals surface area contributed by atoms with Gasteiger partial charge in [-0.1, -0.05) is 23.2 Å². The Hall–Kier alpha value is -3.51. The van der Waals surface area contributed by atoms with Crippen LogP contribution in [0.5, 0.6) is 5.88 Å². The second-order valence-electron chi connectivity index (χ2n) is 9.95. The molecule has 3 aromatic rings. The minimum absolute atomic E-state index is 0.0489. The number of halogens is 3. The number of hydrogen-bond donors (Lipinski definition) is 2. The minimum Gasteiger partial charge on any atom is -0.475 e. The Morgan fingerprint density at radius 3 is 2.95 bits per heavy atom. The molecule has 214 valence electrons. The van der Waals surface area contributed by atoms with Crippen LogP contribution in [0.1, 0.15) is 28.9 Å². The number of benzene rings is 1. The highest BCUT2D eigenvalue weighted by atomic mass is 35.5. The first-order valence-electron chi connectivity index (χ1n) is 13.2. The van der Waals surface area contributed by atoms with Gasteiger partial charge in [0, 0.05) is 35.8 Å². The van der Waals surface area contributed by atoms with Crippen molar-refractivity contribution in [1.82, 2.24) is 20.2 Å². The van der Waals surface area contributed by atoms with Crippen molar-refractivity contribution in [3.05, 3.63) is 74.0 Å². The third-order valence-electron chi connectivity index (χ3n) is 7.18. The van der Waals surface area contributed by atoms with E-state index in [4.69, 9.17) is 37.4 Å². The summed E-state index contributed by atoms with van der Waals surface area (Å²) in [5, 5.41) is 6.83. The lowest BCUT2D eigenvalue weighted by Crippen LogP contribution is -2.38. The van der Waals surface area contributed by atoms with Gasteiger partial charge in [-0.05, 0) is 37.6 Å². The van der Waals surface area contributed by atoms with Crippen molar-refractivity contribution in [2.45, 2.75) is 31.3 Å². The Morgan fingerprint density at radius 1 is 1.24 bits per heavy atom. The van der Waals surface area contributed by atoms with Crippen LogP contribution in [0.3, 0.4) is 0 Å². The molecule has 5 heterocycles. The first-order chi connectivity index (χ1) is 19.9. The highest BCUT2D eigenvalue weighted by Crippen LogP contribution is 2.26. The summed E-state index contributed by atoms with van der Waals surface area (Å²) < 4.78 is 32.7. The topological polar surface area (TPSA) is 116 Å². The molecular weight excluding hydrogens is 576 g/mol. The molecule has 0 radical (unpaired) electrons. The van der Waals surface area contributed by atoms with Gasteiger partial charge in [0.1, 0.15) is 28.8 Å². The quantitative estimate of drug-likeness (QED) is 0.376. The van der Waals surface area contributed by atoms with Crippen molar-refractivity contribution in [2.24, 2.45) is 4.99 Å². The van der Waals surface area contributed by atoms with Gasteiger partial charge in [-0.2, -0.15) is 0 Å². The van der Waals surface area contributed by atoms with Gasteiger partial charge in [-0.25, -0.2) is 14.2 Å². The summed E-state index contributed by atoms with van der Waals surface area (Å²) in [5.41, 5.74) is 0.785. The third kappa shape index (κ3) is 5.80. The molecule has 2 aromatic heterocycles. The van der Waals surface area contributed by atoms with Crippen molar-refractivity contribution < 1.29 is 23.4 Å². The zero-order chi connectivity index (χ0) is 28.5. The second-order valence-corrected chi connectivity index (χ2v) is 10.8. The number of carbonyl (C=O) groups is 1. The summed E-state index contributed by atoms with van der Waals surface area (Å²) in [7, 11) is 0. The number of aromatic nitrogens is 2. The molecule has 6 rings (SSSR count). The van der Waals surface area contributed by atoms with E-state index in [1.807, 2.05) is 0 Å². The maximum absolute atomic E-state index is 14.5. The molecule has 0 spiro atoms. The fourth-order valence-corrected chi connectivity index (χ4v) is 5.32. The maximum Gasteiger partial charge on any atom is 0.343 e. The van der Waals surface area contributed by atoms with E-state index in [-0.39, 0.29) is 46.6 Å². The van der Waals surface area contributed by atoms with Crippen molar-refractivity contribution in [2.75, 3.05) is 33.0 Å². The monoisotopic (exact) mass is 601 g/mol. The van der Waals surface area contributed by atoms with Gasteiger partial charge in [0.15, 0.2) is 0 Å². The van der Waals surface area contributed by atoms with Crippen molar-refractivity contribution >= 4 is 51.6 Å². The maximum atomic E-state index is 14.5. The lowest BCUT2D eigenvalue weighted by molar-refractivity contribution is 0.0506. The number of esters is 1. The number of pyridine rings is 2. The molecule has 41 heavy (non-hydrogen) atoms. The Kier molecular flexibility index (Phi) is 7.94. The molecule has 1 unspecified atom stereocenters. The number of rotatable bonds is 8. The van der Waals surface area contributed by atoms with Gasteiger partial charge in [0.2, 0.25) is 11.3 Å². The van der Waals surface area contributed by atoms with Gasteiger partial charge < -0.3 is 29.4 Å². The lowest BCUT2D eigenvalue weighted by Gasteiger charge is -2.23. The first kappa shape index (κ1) is 27.6. The van der Waals surface area contributed by atoms with E-state index in [2.05, 4.69) is 20.6 Å². The van der Waals surface area contributed by atoms with Crippen LogP contribution in [0.4, 0.5) is 4.39 Å². The van der Waals surface area contributed by atoms with Crippen LogP contribution >= 0.6 is 23.2 Å². The first-order valence-corrected chi connectivity index (χ1v) is 14.0. The van der Waals surface area contributed by atoms with Crippen LogP contribution < -0.4 is 20.8 Å². The third-order valence-corrected chi connectivity index (χ3v) is 7.76. The molecule has 2 N–H and O–H groups in total. The van der Waals surface area contributed by atoms with E-state index in [1.54, 1.807) is 18.3 Å². The van der Waals surface area contributed by atoms with E-state index in [0.717, 1.165) is 31.2 Å². The molecular formula is C28H26Cl2FN5O5. The molecule has 0 saturated carbocycles. The normalized spacial score (nSPS) is 19.9. The standard InChI is InChI=1S/C28H26Cl2FN5O5/c29-19-4-3-15(34-27(19)41-12-16-2-1-6-32-16)5-7-40-28(38)18-11-36(25-10-33-22-13-39-14-23(22)35-25)24-9-21(31)20(30)8-17(24)26(18)37/h3-4,8-11,16,23,32,35H,1-2,5-7,12-14H2/t16-,23?/m1/s1. The van der Waals surface area contributed by atoms with Gasteiger partial charge in [0.25, 0.3) is 0 Å². The van der Waals surface area contributed by atoms with Crippen LogP contribution in [-0.4, -0.2) is 66.3 Å². The summed E-state index contributed by atoms with van der Waals surface area (Å²) in [5.74, 6) is -0.785. The molecule has 0 aliphatic carbocycles. The number of aliphatic imine (C=N–C) groups is 1. The molecule has 2 fully saturated rings. The van der Waals surface area contributed by atoms with Crippen molar-refractivity contribution in [1.29, 1.82) is 0 Å². The predicted molar refractivity (Wildman–Crippen MR) is 152 cm³/mol. The van der Waals surface area contributed by atoms with Crippen LogP contribution in [0.2, 0.25) is 10.0 Å². The number of carbonyl (C=O) groups excluding carboxylic acids is 1.